The predicted molar refractivity (Wildman–Crippen MR) is 97.7 cm³/mol. The molecule has 0 saturated carbocycles. The third-order valence-corrected chi connectivity index (χ3v) is 4.60. The minimum absolute atomic E-state index is 0.0278. The molecule has 0 aromatic heterocycles. The van der Waals surface area contributed by atoms with Crippen LogP contribution in [0.5, 0.6) is 5.75 Å². The number of ether oxygens (including phenoxy) is 1. The van der Waals surface area contributed by atoms with Gasteiger partial charge in [0, 0.05) is 0 Å². The number of nitro benzene ring substituents is 1. The zero-order chi connectivity index (χ0) is 21.2. The molecule has 0 atom stereocenters. The number of carbonyl (C=O) groups excluding carboxylic acids is 1. The minimum atomic E-state index is -4.96. The first-order valence-electron chi connectivity index (χ1n) is 7.73. The molecule has 2 aromatic carbocycles. The maximum Gasteiger partial charge on any atom is 0.445 e. The topological polar surface area (TPSA) is 166 Å². The number of aliphatic imine (C=N–C) groups is 1. The van der Waals surface area contributed by atoms with Crippen molar-refractivity contribution in [2.75, 3.05) is 12.2 Å². The van der Waals surface area contributed by atoms with Crippen molar-refractivity contribution in [2.24, 2.45) is 4.99 Å². The van der Waals surface area contributed by atoms with Crippen molar-refractivity contribution in [1.82, 2.24) is 11.0 Å². The second-order valence-corrected chi connectivity index (χ2v) is 6.84. The van der Waals surface area contributed by atoms with Crippen LogP contribution in [0.25, 0.3) is 0 Å². The summed E-state index contributed by atoms with van der Waals surface area (Å²) in [5.74, 6) is -0.195. The maximum atomic E-state index is 11.6. The first kappa shape index (κ1) is 19.9. The van der Waals surface area contributed by atoms with Gasteiger partial charge in [-0.15, -0.1) is 5.12 Å². The third kappa shape index (κ3) is 3.90. The summed E-state index contributed by atoms with van der Waals surface area (Å²) in [5.41, 5.74) is 4.56. The summed E-state index contributed by atoms with van der Waals surface area (Å²) in [6, 6.07) is 10.1. The lowest BCUT2D eigenvalue weighted by Gasteiger charge is -2.16. The Balaban J connectivity index is 2.14. The average Bonchev–Trinajstić information content (AvgIpc) is 3.09. The molecule has 29 heavy (non-hydrogen) atoms. The molecule has 1 heterocycles. The lowest BCUT2D eigenvalue weighted by molar-refractivity contribution is -0.416. The zero-order valence-corrected chi connectivity index (χ0v) is 15.5. The van der Waals surface area contributed by atoms with Crippen LogP contribution in [0.1, 0.15) is 0 Å². The summed E-state index contributed by atoms with van der Waals surface area (Å²) < 4.78 is 38.5. The van der Waals surface area contributed by atoms with E-state index >= 15 is 0 Å². The van der Waals surface area contributed by atoms with Gasteiger partial charge in [-0.3, -0.25) is 14.7 Å². The Morgan fingerprint density at radius 3 is 2.55 bits per heavy atom. The number of nitrogens with zero attached hydrogens (tertiary/aromatic N) is 4. The van der Waals surface area contributed by atoms with Gasteiger partial charge in [-0.25, -0.2) is 0 Å². The Kier molecular flexibility index (Phi) is 5.25. The smallest absolute Gasteiger partial charge is 0.445 e. The van der Waals surface area contributed by atoms with Crippen molar-refractivity contribution in [3.63, 3.8) is 0 Å². The highest BCUT2D eigenvalue weighted by atomic mass is 32.2. The first-order chi connectivity index (χ1) is 13.8. The molecule has 3 rings (SSSR count). The average molecular weight is 421 g/mol. The van der Waals surface area contributed by atoms with Crippen LogP contribution >= 0.6 is 0 Å². The maximum absolute atomic E-state index is 11.6. The van der Waals surface area contributed by atoms with Crippen LogP contribution in [0.15, 0.2) is 52.4 Å². The van der Waals surface area contributed by atoms with Gasteiger partial charge in [0.1, 0.15) is 11.4 Å². The lowest BCUT2D eigenvalue weighted by Crippen LogP contribution is -2.39. The lowest BCUT2D eigenvalue weighted by atomic mass is 10.2. The number of nitro groups is 1. The number of hydrogen-bond acceptors (Lipinski definition) is 9. The second kappa shape index (κ2) is 7.65. The van der Waals surface area contributed by atoms with E-state index in [4.69, 9.17) is 4.74 Å². The number of rotatable bonds is 5. The van der Waals surface area contributed by atoms with Crippen molar-refractivity contribution in [1.29, 1.82) is 0 Å². The summed E-state index contributed by atoms with van der Waals surface area (Å²) in [5, 5.41) is 12.1. The summed E-state index contributed by atoms with van der Waals surface area (Å²) >= 11 is 0. The fourth-order valence-corrected chi connectivity index (χ4v) is 3.13. The van der Waals surface area contributed by atoms with Crippen LogP contribution in [0.2, 0.25) is 0 Å². The molecule has 0 aliphatic carbocycles. The largest absolute Gasteiger partial charge is 0.494 e. The molecule has 3 N–H and O–H groups in total. The van der Waals surface area contributed by atoms with Crippen LogP contribution in [0.4, 0.5) is 17.1 Å². The molecule has 0 radical (unpaired) electrons. The normalized spacial score (nSPS) is 15.2. The number of hydrazine groups is 3. The number of guanidine groups is 1. The molecular weight excluding hydrogens is 408 g/mol. The molecule has 1 aliphatic rings. The van der Waals surface area contributed by atoms with Crippen LogP contribution in [0.3, 0.4) is 0 Å². The fraction of sp³-hybridized carbons (Fsp3) is 0.0667. The van der Waals surface area contributed by atoms with Crippen LogP contribution in [0, 0.1) is 10.1 Å². The standard InChI is InChI=1S/C15H12N6O7S/c1-28-13-7-12(21(23)24)14(29(25,26)27)8-11(13)20-18-17-15(19(20)9-22)16-10-5-3-2-4-6-10/h2-8,18H,1H3,(H-,16,17,25,26,27)/p+1. The number of methoxy groups -OCH3 is 1. The molecular formula is C15H13N6O7S+. The van der Waals surface area contributed by atoms with Gasteiger partial charge < -0.3 is 4.74 Å². The molecule has 0 amide bonds. The van der Waals surface area contributed by atoms with Gasteiger partial charge in [-0.1, -0.05) is 28.7 Å². The van der Waals surface area contributed by atoms with Gasteiger partial charge in [-0.05, 0) is 22.9 Å². The molecule has 0 spiro atoms. The Bertz CT molecular complexity index is 1160. The van der Waals surface area contributed by atoms with E-state index in [-0.39, 0.29) is 17.4 Å². The first-order valence-corrected chi connectivity index (χ1v) is 9.17. The second-order valence-electron chi connectivity index (χ2n) is 5.45. The number of nitrogens with one attached hydrogen (secondary N) is 2. The number of hydrazone groups is 1. The molecule has 0 unspecified atom stereocenters. The highest BCUT2D eigenvalue weighted by molar-refractivity contribution is 7.86. The van der Waals surface area contributed by atoms with Gasteiger partial charge >= 0.3 is 22.2 Å². The van der Waals surface area contributed by atoms with E-state index in [1.165, 1.54) is 7.11 Å². The van der Waals surface area contributed by atoms with Crippen LogP contribution in [-0.2, 0) is 14.9 Å². The molecule has 0 bridgehead atoms. The van der Waals surface area contributed by atoms with E-state index in [2.05, 4.69) is 16.0 Å². The Morgan fingerprint density at radius 1 is 1.31 bits per heavy atom. The highest BCUT2D eigenvalue weighted by Gasteiger charge is 2.37. The van der Waals surface area contributed by atoms with Crippen molar-refractivity contribution in [3.05, 3.63) is 52.6 Å². The van der Waals surface area contributed by atoms with Crippen molar-refractivity contribution < 1.29 is 32.1 Å². The van der Waals surface area contributed by atoms with E-state index < -0.39 is 25.6 Å². The summed E-state index contributed by atoms with van der Waals surface area (Å²) in [4.78, 5) is 24.9. The SMILES string of the molecule is COc1cc([N+](=O)[O-])c(S(=O)(=O)O)cc1N1NNC(=Nc2ccccc2)[N+]1=C=O. The summed E-state index contributed by atoms with van der Waals surface area (Å²) in [6.07, 6.45) is 1.58. The number of benzene rings is 2. The van der Waals surface area contributed by atoms with Gasteiger partial charge in [0.2, 0.25) is 0 Å². The van der Waals surface area contributed by atoms with Crippen LogP contribution in [-0.4, -0.2) is 41.7 Å². The minimum Gasteiger partial charge on any atom is -0.494 e. The molecule has 1 aliphatic heterocycles. The van der Waals surface area contributed by atoms with E-state index in [1.807, 2.05) is 0 Å². The number of isocyanates is 1. The van der Waals surface area contributed by atoms with Crippen molar-refractivity contribution in [2.45, 2.75) is 4.90 Å². The molecule has 1 fully saturated rings. The quantitative estimate of drug-likeness (QED) is 0.205. The van der Waals surface area contributed by atoms with Gasteiger partial charge in [0.15, 0.2) is 10.6 Å². The molecule has 1 saturated heterocycles. The molecule has 2 aromatic rings. The third-order valence-electron chi connectivity index (χ3n) is 3.72. The highest BCUT2D eigenvalue weighted by Crippen LogP contribution is 2.37. The summed E-state index contributed by atoms with van der Waals surface area (Å²) in [7, 11) is -3.77. The predicted octanol–water partition coefficient (Wildman–Crippen LogP) is 0.630. The van der Waals surface area contributed by atoms with Gasteiger partial charge in [-0.2, -0.15) is 18.6 Å². The zero-order valence-electron chi connectivity index (χ0n) is 14.6. The van der Waals surface area contributed by atoms with Gasteiger partial charge in [0.25, 0.3) is 5.69 Å². The van der Waals surface area contributed by atoms with E-state index in [0.29, 0.717) is 5.69 Å². The molecule has 13 nitrogen and oxygen atoms in total. The number of para-hydroxylation sites is 1. The Labute approximate surface area is 163 Å². The van der Waals surface area contributed by atoms with E-state index in [9.17, 15) is 27.9 Å². The van der Waals surface area contributed by atoms with Gasteiger partial charge in [0.05, 0.1) is 18.1 Å². The van der Waals surface area contributed by atoms with Crippen LogP contribution < -0.4 is 20.8 Å². The molecule has 14 heteroatoms. The van der Waals surface area contributed by atoms with E-state index in [1.54, 1.807) is 36.4 Å². The van der Waals surface area contributed by atoms with Crippen molar-refractivity contribution >= 4 is 39.2 Å². The van der Waals surface area contributed by atoms with E-state index in [0.717, 1.165) is 21.9 Å². The molecule has 150 valence electrons. The fourth-order valence-electron chi connectivity index (χ4n) is 2.47. The monoisotopic (exact) mass is 421 g/mol. The van der Waals surface area contributed by atoms with Crippen molar-refractivity contribution in [3.8, 4) is 5.75 Å². The Hall–Kier alpha value is -3.84. The Morgan fingerprint density at radius 2 is 2.00 bits per heavy atom. The number of anilines is 1. The summed E-state index contributed by atoms with van der Waals surface area (Å²) in [6.45, 7) is 0. The number of hydrogen-bond donors (Lipinski definition) is 3.